The van der Waals surface area contributed by atoms with E-state index < -0.39 is 19.1 Å². The van der Waals surface area contributed by atoms with Crippen molar-refractivity contribution in [2.75, 3.05) is 0 Å². The Labute approximate surface area is 91.7 Å². The summed E-state index contributed by atoms with van der Waals surface area (Å²) >= 11 is 4.33. The van der Waals surface area contributed by atoms with Gasteiger partial charge in [-0.1, -0.05) is 0 Å². The van der Waals surface area contributed by atoms with E-state index in [1.165, 1.54) is 0 Å². The minimum Gasteiger partial charge on any atom is -0.491 e. The Morgan fingerprint density at radius 3 is 2.40 bits per heavy atom. The molecule has 0 bridgehead atoms. The molecule has 80 valence electrons. The Balaban J connectivity index is 3.17. The van der Waals surface area contributed by atoms with Crippen molar-refractivity contribution in [1.82, 2.24) is 0 Å². The van der Waals surface area contributed by atoms with Gasteiger partial charge in [0.05, 0.1) is 9.82 Å². The molecular formula is C7H5NO5S2. The van der Waals surface area contributed by atoms with Crippen molar-refractivity contribution < 1.29 is 18.4 Å². The molecule has 6 nitrogen and oxygen atoms in total. The number of nitro groups is 1. The number of hydrogen-bond acceptors (Lipinski definition) is 6. The van der Waals surface area contributed by atoms with Gasteiger partial charge in [-0.2, -0.15) is 0 Å². The number of thiocarbonyl (C=S) groups is 1. The lowest BCUT2D eigenvalue weighted by atomic mass is 10.3. The molecule has 0 heterocycles. The van der Waals surface area contributed by atoms with Crippen LogP contribution in [0, 0.1) is 10.1 Å². The van der Waals surface area contributed by atoms with Crippen LogP contribution in [0.4, 0.5) is 5.69 Å². The van der Waals surface area contributed by atoms with Crippen molar-refractivity contribution in [2.45, 2.75) is 4.90 Å². The first-order valence-corrected chi connectivity index (χ1v) is 5.45. The van der Waals surface area contributed by atoms with E-state index in [9.17, 15) is 18.5 Å². The minimum atomic E-state index is -4.03. The second-order valence-corrected chi connectivity index (χ2v) is 4.98. The van der Waals surface area contributed by atoms with Gasteiger partial charge in [0.1, 0.15) is 0 Å². The van der Waals surface area contributed by atoms with Gasteiger partial charge in [0.25, 0.3) is 11.5 Å². The molecule has 1 aromatic rings. The summed E-state index contributed by atoms with van der Waals surface area (Å²) in [7, 11) is -4.03. The Morgan fingerprint density at radius 1 is 1.47 bits per heavy atom. The fourth-order valence-corrected chi connectivity index (χ4v) is 1.82. The summed E-state index contributed by atoms with van der Waals surface area (Å²) in [5, 5.41) is 14.0. The highest BCUT2D eigenvalue weighted by Gasteiger charge is 2.20. The van der Waals surface area contributed by atoms with Gasteiger partial charge in [0.2, 0.25) is 9.84 Å². The zero-order valence-electron chi connectivity index (χ0n) is 8.11. The van der Waals surface area contributed by atoms with Gasteiger partial charge in [0.15, 0.2) is 0 Å². The fourth-order valence-electron chi connectivity index (χ4n) is 0.843. The SMILES string of the molecule is [2H]OC(=S)S(=O)(=O)c1ccc([N+](=O)[O-])cc1. The van der Waals surface area contributed by atoms with Gasteiger partial charge in [-0.15, -0.1) is 0 Å². The summed E-state index contributed by atoms with van der Waals surface area (Å²) in [6.07, 6.45) is 0. The maximum absolute atomic E-state index is 11.5. The molecule has 0 fully saturated rings. The first-order chi connectivity index (χ1) is 7.39. The predicted octanol–water partition coefficient (Wildman–Crippen LogP) is 1.21. The summed E-state index contributed by atoms with van der Waals surface area (Å²) < 4.78 is 28.5. The van der Waals surface area contributed by atoms with Crippen molar-refractivity contribution in [3.8, 4) is 0 Å². The highest BCUT2D eigenvalue weighted by atomic mass is 32.2. The number of benzene rings is 1. The second-order valence-electron chi connectivity index (χ2n) is 2.50. The molecule has 0 atom stereocenters. The maximum atomic E-state index is 11.5. The minimum absolute atomic E-state index is 0.239. The van der Waals surface area contributed by atoms with Crippen LogP contribution in [-0.4, -0.2) is 22.8 Å². The molecule has 0 aliphatic heterocycles. The molecule has 0 aromatic heterocycles. The lowest BCUT2D eigenvalue weighted by Gasteiger charge is -1.99. The van der Waals surface area contributed by atoms with Gasteiger partial charge >= 0.3 is 0 Å². The Morgan fingerprint density at radius 2 is 2.00 bits per heavy atom. The normalized spacial score (nSPS) is 11.6. The number of aliphatic hydroxyl groups is 1. The van der Waals surface area contributed by atoms with Crippen LogP contribution >= 0.6 is 12.2 Å². The third kappa shape index (κ3) is 2.28. The van der Waals surface area contributed by atoms with E-state index in [1.54, 1.807) is 0 Å². The van der Waals surface area contributed by atoms with Crippen LogP contribution in [0.1, 0.15) is 0 Å². The van der Waals surface area contributed by atoms with Crippen LogP contribution in [0.25, 0.3) is 1.43 Å². The molecule has 0 saturated heterocycles. The lowest BCUT2D eigenvalue weighted by Crippen LogP contribution is -2.11. The quantitative estimate of drug-likeness (QED) is 0.480. The van der Waals surface area contributed by atoms with Crippen molar-refractivity contribution in [3.05, 3.63) is 34.4 Å². The Bertz CT molecular complexity index is 524. The van der Waals surface area contributed by atoms with Crippen molar-refractivity contribution >= 4 is 32.1 Å². The van der Waals surface area contributed by atoms with Crippen molar-refractivity contribution in [1.29, 1.82) is 1.43 Å². The highest BCUT2D eigenvalue weighted by Crippen LogP contribution is 2.17. The maximum Gasteiger partial charge on any atom is 0.295 e. The fraction of sp³-hybridized carbons (Fsp3) is 0. The number of rotatable bonds is 2. The third-order valence-corrected chi connectivity index (χ3v) is 3.57. The van der Waals surface area contributed by atoms with Crippen LogP contribution in [0.3, 0.4) is 0 Å². The average molecular weight is 248 g/mol. The van der Waals surface area contributed by atoms with Crippen LogP contribution in [0.5, 0.6) is 0 Å². The molecule has 0 saturated carbocycles. The van der Waals surface area contributed by atoms with Crippen LogP contribution in [-0.2, 0) is 9.84 Å². The molecule has 15 heavy (non-hydrogen) atoms. The zero-order valence-corrected chi connectivity index (χ0v) is 8.75. The molecule has 0 unspecified atom stereocenters. The number of non-ortho nitro benzene ring substituents is 1. The molecular weight excluding hydrogens is 242 g/mol. The zero-order chi connectivity index (χ0) is 12.3. The topological polar surface area (TPSA) is 97.5 Å². The molecule has 8 heteroatoms. The van der Waals surface area contributed by atoms with Crippen LogP contribution in [0.2, 0.25) is 0 Å². The summed E-state index contributed by atoms with van der Waals surface area (Å²) in [5.74, 6) is 0. The Kier molecular flexibility index (Phi) is 2.60. The largest absolute Gasteiger partial charge is 0.491 e. The average Bonchev–Trinajstić information content (AvgIpc) is 2.28. The summed E-state index contributed by atoms with van der Waals surface area (Å²) in [4.78, 5) is 9.42. The number of nitrogens with zero attached hydrogens (tertiary/aromatic N) is 1. The van der Waals surface area contributed by atoms with E-state index in [0.29, 0.717) is 0 Å². The lowest BCUT2D eigenvalue weighted by molar-refractivity contribution is -0.384. The van der Waals surface area contributed by atoms with Crippen LogP contribution in [0.15, 0.2) is 29.2 Å². The van der Waals surface area contributed by atoms with E-state index >= 15 is 0 Å². The third-order valence-electron chi connectivity index (χ3n) is 1.58. The standard InChI is InChI=1S/C7H5NO5S2/c9-7(14)15(12,13)6-3-1-5(2-4-6)8(10)11/h1-4H,(H,9,14)/i/hD. The van der Waals surface area contributed by atoms with Gasteiger partial charge in [0, 0.05) is 12.1 Å². The monoisotopic (exact) mass is 248 g/mol. The summed E-state index contributed by atoms with van der Waals surface area (Å²) in [6.45, 7) is 0. The van der Waals surface area contributed by atoms with Crippen LogP contribution < -0.4 is 0 Å². The first-order valence-electron chi connectivity index (χ1n) is 3.97. The van der Waals surface area contributed by atoms with E-state index in [0.717, 1.165) is 24.3 Å². The summed E-state index contributed by atoms with van der Waals surface area (Å²) in [6, 6.07) is 4.11. The van der Waals surface area contributed by atoms with Gasteiger partial charge in [-0.05, 0) is 24.4 Å². The molecule has 0 aliphatic rings. The van der Waals surface area contributed by atoms with E-state index in [1.807, 2.05) is 0 Å². The predicted molar refractivity (Wildman–Crippen MR) is 55.5 cm³/mol. The Hall–Kier alpha value is -1.54. The second kappa shape index (κ2) is 3.91. The number of sulfone groups is 1. The number of aliphatic hydroxyl groups excluding tert-OH is 1. The van der Waals surface area contributed by atoms with Crippen molar-refractivity contribution in [2.24, 2.45) is 0 Å². The van der Waals surface area contributed by atoms with Gasteiger partial charge in [-0.25, -0.2) is 8.42 Å². The summed E-state index contributed by atoms with van der Waals surface area (Å²) in [5.41, 5.74) is -0.239. The molecule has 0 spiro atoms. The van der Waals surface area contributed by atoms with Crippen molar-refractivity contribution in [3.63, 3.8) is 0 Å². The highest BCUT2D eigenvalue weighted by molar-refractivity contribution is 8.16. The first kappa shape index (κ1) is 9.99. The number of nitro benzene ring substituents is 1. The number of hydrogen-bond donors (Lipinski definition) is 1. The van der Waals surface area contributed by atoms with Gasteiger partial charge < -0.3 is 5.11 Å². The smallest absolute Gasteiger partial charge is 0.295 e. The molecule has 1 aromatic carbocycles. The van der Waals surface area contributed by atoms with E-state index in [-0.39, 0.29) is 10.6 Å². The molecule has 0 amide bonds. The molecule has 1 rings (SSSR count). The molecule has 0 aliphatic carbocycles. The molecule has 0 radical (unpaired) electrons. The molecule has 1 N–H and O–H groups in total. The van der Waals surface area contributed by atoms with Gasteiger partial charge in [-0.3, -0.25) is 10.1 Å². The van der Waals surface area contributed by atoms with E-state index in [4.69, 9.17) is 1.43 Å². The van der Waals surface area contributed by atoms with E-state index in [2.05, 4.69) is 17.3 Å².